The van der Waals surface area contributed by atoms with Crippen LogP contribution in [0.5, 0.6) is 0 Å². The minimum Gasteiger partial charge on any atom is -0.355 e. The highest BCUT2D eigenvalue weighted by molar-refractivity contribution is 5.85. The highest BCUT2D eigenvalue weighted by Gasteiger charge is 2.27. The first-order chi connectivity index (χ1) is 12.4. The lowest BCUT2D eigenvalue weighted by Gasteiger charge is -2.32. The number of carbonyl (C=O) groups is 1. The predicted octanol–water partition coefficient (Wildman–Crippen LogP) is 4.05. The number of nitrogens with two attached hydrogens (primary N) is 1. The Morgan fingerprint density at radius 1 is 1.14 bits per heavy atom. The molecule has 4 nitrogen and oxygen atoms in total. The van der Waals surface area contributed by atoms with Crippen LogP contribution in [0.15, 0.2) is 30.3 Å². The van der Waals surface area contributed by atoms with Crippen molar-refractivity contribution in [3.05, 3.63) is 35.9 Å². The summed E-state index contributed by atoms with van der Waals surface area (Å²) in [4.78, 5) is 14.6. The molecule has 2 rings (SSSR count). The molecule has 0 bridgehead atoms. The molecule has 0 radical (unpaired) electrons. The van der Waals surface area contributed by atoms with E-state index in [0.29, 0.717) is 0 Å². The zero-order valence-corrected chi connectivity index (χ0v) is 19.3. The first kappa shape index (κ1) is 27.2. The van der Waals surface area contributed by atoms with Crippen LogP contribution in [0.2, 0.25) is 0 Å². The van der Waals surface area contributed by atoms with Crippen LogP contribution in [0, 0.1) is 11.3 Å². The van der Waals surface area contributed by atoms with Crippen molar-refractivity contribution < 1.29 is 4.79 Å². The zero-order valence-electron chi connectivity index (χ0n) is 17.7. The molecule has 1 aromatic rings. The number of amides is 1. The zero-order chi connectivity index (χ0) is 19.0. The fourth-order valence-corrected chi connectivity index (χ4v) is 3.54. The molecule has 28 heavy (non-hydrogen) atoms. The molecule has 0 unspecified atom stereocenters. The summed E-state index contributed by atoms with van der Waals surface area (Å²) in [5.74, 6) is 0.797. The van der Waals surface area contributed by atoms with E-state index in [4.69, 9.17) is 5.73 Å². The molecule has 1 atom stereocenters. The summed E-state index contributed by atoms with van der Waals surface area (Å²) < 4.78 is 0. The maximum Gasteiger partial charge on any atom is 0.237 e. The number of likely N-dealkylation sites (tertiary alicyclic amines) is 1. The molecule has 1 amide bonds. The molecular weight excluding hydrogens is 393 g/mol. The van der Waals surface area contributed by atoms with Crippen LogP contribution < -0.4 is 11.1 Å². The van der Waals surface area contributed by atoms with Crippen molar-refractivity contribution in [3.8, 4) is 0 Å². The summed E-state index contributed by atoms with van der Waals surface area (Å²) in [6.07, 6.45) is 5.97. The number of halogens is 2. The predicted molar refractivity (Wildman–Crippen MR) is 123 cm³/mol. The molecule has 6 heteroatoms. The lowest BCUT2D eigenvalue weighted by molar-refractivity contribution is -0.124. The number of unbranched alkanes of at least 4 members (excludes halogenated alkanes) is 1. The fourth-order valence-electron chi connectivity index (χ4n) is 3.54. The normalized spacial score (nSPS) is 16.6. The Morgan fingerprint density at radius 2 is 1.75 bits per heavy atom. The van der Waals surface area contributed by atoms with Gasteiger partial charge < -0.3 is 16.0 Å². The van der Waals surface area contributed by atoms with Gasteiger partial charge in [-0.3, -0.25) is 4.79 Å². The van der Waals surface area contributed by atoms with Crippen LogP contribution in [0.3, 0.4) is 0 Å². The number of piperidine rings is 1. The van der Waals surface area contributed by atoms with Crippen molar-refractivity contribution >= 4 is 30.7 Å². The summed E-state index contributed by atoms with van der Waals surface area (Å²) in [6, 6.07) is 10.4. The van der Waals surface area contributed by atoms with Gasteiger partial charge in [-0.15, -0.1) is 24.8 Å². The molecule has 0 saturated carbocycles. The first-order valence-electron chi connectivity index (χ1n) is 10.2. The highest BCUT2D eigenvalue weighted by Crippen LogP contribution is 2.22. The van der Waals surface area contributed by atoms with Gasteiger partial charge in [0.1, 0.15) is 0 Å². The third kappa shape index (κ3) is 9.60. The highest BCUT2D eigenvalue weighted by atomic mass is 35.5. The number of benzene rings is 1. The van der Waals surface area contributed by atoms with Crippen LogP contribution in [0.4, 0.5) is 0 Å². The van der Waals surface area contributed by atoms with Gasteiger partial charge >= 0.3 is 0 Å². The summed E-state index contributed by atoms with van der Waals surface area (Å²) >= 11 is 0. The molecule has 0 aromatic heterocycles. The molecule has 1 heterocycles. The van der Waals surface area contributed by atoms with Crippen molar-refractivity contribution in [2.75, 3.05) is 26.2 Å². The van der Waals surface area contributed by atoms with Crippen molar-refractivity contribution in [2.45, 2.75) is 58.9 Å². The lowest BCUT2D eigenvalue weighted by Crippen LogP contribution is -2.48. The second kappa shape index (κ2) is 13.4. The summed E-state index contributed by atoms with van der Waals surface area (Å²) in [5.41, 5.74) is 7.26. The van der Waals surface area contributed by atoms with Crippen molar-refractivity contribution in [2.24, 2.45) is 17.1 Å². The maximum absolute atomic E-state index is 12.0. The standard InChI is InChI=1S/C22H37N3O.2ClH/c1-22(2,3)20(23)21(26)24-13-7-8-14-25-15-11-19(12-16-25)17-18-9-5-4-6-10-18;;/h4-6,9-10,19-20H,7-8,11-17,23H2,1-3H3,(H,24,26);2*1H/t20-;;/m1../s1. The average Bonchev–Trinajstić information content (AvgIpc) is 2.62. The summed E-state index contributed by atoms with van der Waals surface area (Å²) in [5, 5.41) is 2.98. The van der Waals surface area contributed by atoms with Crippen molar-refractivity contribution in [1.29, 1.82) is 0 Å². The Hall–Kier alpha value is -0.810. The Morgan fingerprint density at radius 3 is 2.32 bits per heavy atom. The second-order valence-electron chi connectivity index (χ2n) is 8.82. The van der Waals surface area contributed by atoms with Gasteiger partial charge in [-0.05, 0) is 68.6 Å². The third-order valence-electron chi connectivity index (χ3n) is 5.49. The van der Waals surface area contributed by atoms with Crippen LogP contribution >= 0.6 is 24.8 Å². The number of hydrogen-bond acceptors (Lipinski definition) is 3. The molecule has 1 aromatic carbocycles. The van der Waals surface area contributed by atoms with Crippen molar-refractivity contribution in [3.63, 3.8) is 0 Å². The molecule has 1 fully saturated rings. The topological polar surface area (TPSA) is 58.4 Å². The minimum absolute atomic E-state index is 0. The average molecular weight is 432 g/mol. The monoisotopic (exact) mass is 431 g/mol. The van der Waals surface area contributed by atoms with E-state index in [0.717, 1.165) is 31.8 Å². The van der Waals surface area contributed by atoms with E-state index >= 15 is 0 Å². The van der Waals surface area contributed by atoms with Gasteiger partial charge in [-0.1, -0.05) is 51.1 Å². The van der Waals surface area contributed by atoms with Gasteiger partial charge in [0.25, 0.3) is 0 Å². The van der Waals surface area contributed by atoms with Gasteiger partial charge in [0, 0.05) is 6.54 Å². The van der Waals surface area contributed by atoms with E-state index in [-0.39, 0.29) is 36.1 Å². The number of carbonyl (C=O) groups excluding carboxylic acids is 1. The van der Waals surface area contributed by atoms with Gasteiger partial charge in [0.05, 0.1) is 6.04 Å². The molecule has 162 valence electrons. The molecule has 1 saturated heterocycles. The molecule has 1 aliphatic rings. The molecule has 0 spiro atoms. The van der Waals surface area contributed by atoms with E-state index in [2.05, 4.69) is 40.5 Å². The van der Waals surface area contributed by atoms with E-state index in [9.17, 15) is 4.79 Å². The van der Waals surface area contributed by atoms with Gasteiger partial charge in [-0.2, -0.15) is 0 Å². The van der Waals surface area contributed by atoms with Gasteiger partial charge in [0.15, 0.2) is 0 Å². The van der Waals surface area contributed by atoms with E-state index < -0.39 is 6.04 Å². The number of nitrogens with zero attached hydrogens (tertiary/aromatic N) is 1. The smallest absolute Gasteiger partial charge is 0.237 e. The largest absolute Gasteiger partial charge is 0.355 e. The molecular formula is C22H39Cl2N3O. The third-order valence-corrected chi connectivity index (χ3v) is 5.49. The minimum atomic E-state index is -0.439. The Bertz CT molecular complexity index is 540. The number of nitrogens with one attached hydrogen (secondary N) is 1. The Kier molecular flexibility index (Phi) is 13.0. The van der Waals surface area contributed by atoms with Crippen LogP contribution in [0.1, 0.15) is 52.0 Å². The summed E-state index contributed by atoms with van der Waals surface area (Å²) in [7, 11) is 0. The molecule has 1 aliphatic heterocycles. The quantitative estimate of drug-likeness (QED) is 0.610. The van der Waals surface area contributed by atoms with Crippen LogP contribution in [-0.4, -0.2) is 43.0 Å². The Balaban J connectivity index is 0.00000364. The van der Waals surface area contributed by atoms with Gasteiger partial charge in [0.2, 0.25) is 5.91 Å². The number of rotatable bonds is 8. The molecule has 3 N–H and O–H groups in total. The molecule has 0 aliphatic carbocycles. The maximum atomic E-state index is 12.0. The van der Waals surface area contributed by atoms with E-state index in [1.807, 2.05) is 20.8 Å². The van der Waals surface area contributed by atoms with Crippen LogP contribution in [-0.2, 0) is 11.2 Å². The second-order valence-corrected chi connectivity index (χ2v) is 8.82. The lowest BCUT2D eigenvalue weighted by atomic mass is 9.87. The Labute approximate surface area is 183 Å². The number of hydrogen-bond donors (Lipinski definition) is 2. The van der Waals surface area contributed by atoms with Crippen molar-refractivity contribution in [1.82, 2.24) is 10.2 Å². The summed E-state index contributed by atoms with van der Waals surface area (Å²) in [6.45, 7) is 10.3. The van der Waals surface area contributed by atoms with Crippen LogP contribution in [0.25, 0.3) is 0 Å². The SMILES string of the molecule is CC(C)(C)[C@H](N)C(=O)NCCCCN1CCC(Cc2ccccc2)CC1.Cl.Cl. The van der Waals surface area contributed by atoms with E-state index in [1.165, 1.54) is 37.9 Å². The first-order valence-corrected chi connectivity index (χ1v) is 10.2. The van der Waals surface area contributed by atoms with E-state index in [1.54, 1.807) is 0 Å². The fraction of sp³-hybridized carbons (Fsp3) is 0.682. The van der Waals surface area contributed by atoms with Gasteiger partial charge in [-0.25, -0.2) is 0 Å².